The summed E-state index contributed by atoms with van der Waals surface area (Å²) in [7, 11) is 0. The number of nitro groups is 1. The molecule has 1 aromatic heterocycles. The maximum atomic E-state index is 11.4. The number of anilines is 1. The minimum atomic E-state index is -1.47. The van der Waals surface area contributed by atoms with Gasteiger partial charge in [-0.3, -0.25) is 10.1 Å². The van der Waals surface area contributed by atoms with Gasteiger partial charge in [0, 0.05) is 19.2 Å². The van der Waals surface area contributed by atoms with E-state index >= 15 is 0 Å². The van der Waals surface area contributed by atoms with Gasteiger partial charge in [0.05, 0.1) is 11.5 Å². The van der Waals surface area contributed by atoms with E-state index in [1.54, 1.807) is 6.07 Å². The van der Waals surface area contributed by atoms with E-state index in [1.807, 2.05) is 0 Å². The summed E-state index contributed by atoms with van der Waals surface area (Å²) in [5.74, 6) is -1.43. The van der Waals surface area contributed by atoms with E-state index in [1.165, 1.54) is 12.3 Å². The second-order valence-corrected chi connectivity index (χ2v) is 4.24. The molecule has 1 atom stereocenters. The van der Waals surface area contributed by atoms with Crippen LogP contribution in [0.2, 0.25) is 0 Å². The lowest BCUT2D eigenvalue weighted by Gasteiger charge is -2.24. The van der Waals surface area contributed by atoms with E-state index in [0.29, 0.717) is 0 Å². The van der Waals surface area contributed by atoms with Gasteiger partial charge in [-0.2, -0.15) is 5.26 Å². The zero-order valence-electron chi connectivity index (χ0n) is 10.2. The zero-order chi connectivity index (χ0) is 14.8. The number of carboxylic acids is 1. The van der Waals surface area contributed by atoms with Crippen molar-refractivity contribution in [1.82, 2.24) is 4.98 Å². The van der Waals surface area contributed by atoms with Crippen LogP contribution in [-0.2, 0) is 9.53 Å². The normalized spacial score (nSPS) is 21.1. The first-order valence-corrected chi connectivity index (χ1v) is 5.63. The van der Waals surface area contributed by atoms with E-state index in [-0.39, 0.29) is 31.0 Å². The minimum Gasteiger partial charge on any atom is -0.479 e. The lowest BCUT2D eigenvalue weighted by Crippen LogP contribution is -2.47. The van der Waals surface area contributed by atoms with Crippen molar-refractivity contribution in [1.29, 1.82) is 5.26 Å². The molecule has 104 valence electrons. The number of hydrogen-bond donors (Lipinski definition) is 2. The fourth-order valence-corrected chi connectivity index (χ4v) is 1.93. The molecule has 1 aliphatic heterocycles. The van der Waals surface area contributed by atoms with Crippen LogP contribution >= 0.6 is 0 Å². The van der Waals surface area contributed by atoms with Gasteiger partial charge in [0.25, 0.3) is 0 Å². The van der Waals surface area contributed by atoms with Crippen molar-refractivity contribution >= 4 is 17.5 Å². The van der Waals surface area contributed by atoms with Crippen molar-refractivity contribution in [3.63, 3.8) is 0 Å². The Morgan fingerprint density at radius 2 is 2.45 bits per heavy atom. The fourth-order valence-electron chi connectivity index (χ4n) is 1.93. The molecule has 0 radical (unpaired) electrons. The lowest BCUT2D eigenvalue weighted by atomic mass is 9.99. The molecule has 0 saturated carbocycles. The third-order valence-corrected chi connectivity index (χ3v) is 3.02. The number of rotatable bonds is 4. The Morgan fingerprint density at radius 3 is 2.95 bits per heavy atom. The standard InChI is InChI=1S/C11H10N4O5/c12-5-7-1-3-13-9(8(7)15(18)19)14-11(10(16)17)2-4-20-6-11/h1,3H,2,4,6H2,(H,13,14)(H,16,17). The smallest absolute Gasteiger partial charge is 0.331 e. The van der Waals surface area contributed by atoms with E-state index < -0.39 is 22.1 Å². The summed E-state index contributed by atoms with van der Waals surface area (Å²) < 4.78 is 5.04. The molecule has 2 N–H and O–H groups in total. The third kappa shape index (κ3) is 2.24. The van der Waals surface area contributed by atoms with Gasteiger partial charge < -0.3 is 15.2 Å². The molecule has 0 aliphatic carbocycles. The molecule has 2 heterocycles. The Labute approximate surface area is 112 Å². The third-order valence-electron chi connectivity index (χ3n) is 3.02. The van der Waals surface area contributed by atoms with Crippen molar-refractivity contribution in [2.45, 2.75) is 12.0 Å². The number of nitrogens with zero attached hydrogens (tertiary/aromatic N) is 3. The highest BCUT2D eigenvalue weighted by Crippen LogP contribution is 2.31. The van der Waals surface area contributed by atoms with Crippen molar-refractivity contribution in [3.05, 3.63) is 27.9 Å². The molecule has 9 nitrogen and oxygen atoms in total. The quantitative estimate of drug-likeness (QED) is 0.600. The Hall–Kier alpha value is -2.73. The number of carbonyl (C=O) groups is 1. The Bertz CT molecular complexity index is 603. The summed E-state index contributed by atoms with van der Waals surface area (Å²) in [4.78, 5) is 25.4. The van der Waals surface area contributed by atoms with Gasteiger partial charge in [-0.15, -0.1) is 0 Å². The number of nitriles is 1. The van der Waals surface area contributed by atoms with Crippen molar-refractivity contribution in [2.24, 2.45) is 0 Å². The Kier molecular flexibility index (Phi) is 3.49. The number of aromatic nitrogens is 1. The van der Waals surface area contributed by atoms with Crippen LogP contribution in [0.5, 0.6) is 0 Å². The van der Waals surface area contributed by atoms with Crippen LogP contribution in [-0.4, -0.2) is 39.7 Å². The topological polar surface area (TPSA) is 138 Å². The summed E-state index contributed by atoms with van der Waals surface area (Å²) in [5, 5.41) is 31.7. The van der Waals surface area contributed by atoms with Gasteiger partial charge in [0.1, 0.15) is 11.6 Å². The summed E-state index contributed by atoms with van der Waals surface area (Å²) in [5.41, 5.74) is -2.19. The highest BCUT2D eigenvalue weighted by atomic mass is 16.6. The molecule has 20 heavy (non-hydrogen) atoms. The minimum absolute atomic E-state index is 0.127. The molecule has 0 amide bonds. The van der Waals surface area contributed by atoms with Gasteiger partial charge in [-0.05, 0) is 6.07 Å². The van der Waals surface area contributed by atoms with Crippen LogP contribution in [0.25, 0.3) is 0 Å². The molecule has 1 fully saturated rings. The second-order valence-electron chi connectivity index (χ2n) is 4.24. The van der Waals surface area contributed by atoms with E-state index in [0.717, 1.165) is 0 Å². The molecular weight excluding hydrogens is 268 g/mol. The van der Waals surface area contributed by atoms with Crippen molar-refractivity contribution < 1.29 is 19.6 Å². The Balaban J connectivity index is 2.46. The van der Waals surface area contributed by atoms with Gasteiger partial charge in [0.2, 0.25) is 5.82 Å². The van der Waals surface area contributed by atoms with Crippen LogP contribution in [0.3, 0.4) is 0 Å². The van der Waals surface area contributed by atoms with Crippen LogP contribution in [0.4, 0.5) is 11.5 Å². The fraction of sp³-hybridized carbons (Fsp3) is 0.364. The molecule has 1 aromatic rings. The first kappa shape index (κ1) is 13.7. The predicted octanol–water partition coefficient (Wildman–Crippen LogP) is 0.517. The molecule has 1 aliphatic rings. The average Bonchev–Trinajstić information content (AvgIpc) is 2.88. The molecule has 9 heteroatoms. The average molecular weight is 278 g/mol. The van der Waals surface area contributed by atoms with Gasteiger partial charge in [-0.25, -0.2) is 9.78 Å². The summed E-state index contributed by atoms with van der Waals surface area (Å²) in [6, 6.07) is 2.88. The molecule has 0 bridgehead atoms. The molecule has 0 spiro atoms. The van der Waals surface area contributed by atoms with Crippen LogP contribution in [0, 0.1) is 21.4 Å². The van der Waals surface area contributed by atoms with Crippen LogP contribution in [0.1, 0.15) is 12.0 Å². The summed E-state index contributed by atoms with van der Waals surface area (Å²) in [6.07, 6.45) is 1.36. The molecule has 0 aromatic carbocycles. The highest BCUT2D eigenvalue weighted by molar-refractivity contribution is 5.84. The second kappa shape index (κ2) is 5.10. The van der Waals surface area contributed by atoms with Crippen molar-refractivity contribution in [3.8, 4) is 6.07 Å². The first-order valence-electron chi connectivity index (χ1n) is 5.63. The summed E-state index contributed by atoms with van der Waals surface area (Å²) >= 11 is 0. The van der Waals surface area contributed by atoms with Gasteiger partial charge in [0.15, 0.2) is 5.54 Å². The number of carboxylic acid groups (broad SMARTS) is 1. The lowest BCUT2D eigenvalue weighted by molar-refractivity contribution is -0.384. The largest absolute Gasteiger partial charge is 0.479 e. The molecule has 1 saturated heterocycles. The van der Waals surface area contributed by atoms with Crippen LogP contribution in [0.15, 0.2) is 12.3 Å². The van der Waals surface area contributed by atoms with E-state index in [4.69, 9.17) is 10.00 Å². The number of ether oxygens (including phenoxy) is 1. The maximum Gasteiger partial charge on any atom is 0.331 e. The maximum absolute atomic E-state index is 11.4. The predicted molar refractivity (Wildman–Crippen MR) is 65.0 cm³/mol. The first-order chi connectivity index (χ1) is 9.50. The number of hydrogen-bond acceptors (Lipinski definition) is 7. The Morgan fingerprint density at radius 1 is 1.70 bits per heavy atom. The van der Waals surface area contributed by atoms with Crippen LogP contribution < -0.4 is 5.32 Å². The number of nitrogens with one attached hydrogen (secondary N) is 1. The van der Waals surface area contributed by atoms with Gasteiger partial charge >= 0.3 is 11.7 Å². The van der Waals surface area contributed by atoms with E-state index in [9.17, 15) is 20.0 Å². The summed E-state index contributed by atoms with van der Waals surface area (Å²) in [6.45, 7) is 0.100. The number of pyridine rings is 1. The molecular formula is C11H10N4O5. The zero-order valence-corrected chi connectivity index (χ0v) is 10.2. The SMILES string of the molecule is N#Cc1ccnc(NC2(C(=O)O)CCOC2)c1[N+](=O)[O-]. The van der Waals surface area contributed by atoms with E-state index in [2.05, 4.69) is 10.3 Å². The highest BCUT2D eigenvalue weighted by Gasteiger charge is 2.44. The van der Waals surface area contributed by atoms with Crippen molar-refractivity contribution in [2.75, 3.05) is 18.5 Å². The monoisotopic (exact) mass is 278 g/mol. The number of aliphatic carboxylic acids is 1. The molecule has 2 rings (SSSR count). The van der Waals surface area contributed by atoms with Gasteiger partial charge in [-0.1, -0.05) is 0 Å². The molecule has 1 unspecified atom stereocenters.